The van der Waals surface area contributed by atoms with Crippen LogP contribution in [0.2, 0.25) is 0 Å². The first kappa shape index (κ1) is 21.6. The van der Waals surface area contributed by atoms with E-state index < -0.39 is 0 Å². The number of hydrogen-bond donors (Lipinski definition) is 2. The summed E-state index contributed by atoms with van der Waals surface area (Å²) in [6.07, 6.45) is 0. The number of nitrogens with one attached hydrogen (secondary N) is 2. The molecule has 5 rings (SSSR count). The highest BCUT2D eigenvalue weighted by molar-refractivity contribution is 5.80. The van der Waals surface area contributed by atoms with Gasteiger partial charge in [0.2, 0.25) is 6.79 Å². The van der Waals surface area contributed by atoms with Crippen LogP contribution < -0.4 is 20.3 Å². The Morgan fingerprint density at radius 3 is 2.62 bits per heavy atom. The first-order chi connectivity index (χ1) is 16.5. The topological polar surface area (TPSA) is 83.7 Å². The van der Waals surface area contributed by atoms with Crippen molar-refractivity contribution in [3.63, 3.8) is 0 Å². The molecule has 2 N–H and O–H groups in total. The number of ether oxygens (including phenoxy) is 2. The van der Waals surface area contributed by atoms with Gasteiger partial charge in [0.25, 0.3) is 5.56 Å². The minimum absolute atomic E-state index is 0.161. The monoisotopic (exact) mass is 455 g/mol. The van der Waals surface area contributed by atoms with E-state index in [1.54, 1.807) is 4.90 Å². The smallest absolute Gasteiger partial charge is 0.318 e. The Morgan fingerprint density at radius 2 is 1.76 bits per heavy atom. The van der Waals surface area contributed by atoms with Crippen LogP contribution in [-0.2, 0) is 19.6 Å². The highest BCUT2D eigenvalue weighted by atomic mass is 16.7. The number of hydrogen-bond acceptors (Lipinski definition) is 4. The Labute approximate surface area is 196 Å². The number of amides is 2. The molecule has 0 unspecified atom stereocenters. The van der Waals surface area contributed by atoms with Gasteiger partial charge in [0.05, 0.1) is 6.54 Å². The van der Waals surface area contributed by atoms with Gasteiger partial charge in [0.1, 0.15) is 0 Å². The summed E-state index contributed by atoms with van der Waals surface area (Å²) in [5.74, 6) is 1.34. The lowest BCUT2D eigenvalue weighted by Gasteiger charge is -2.23. The number of benzene rings is 3. The summed E-state index contributed by atoms with van der Waals surface area (Å²) < 4.78 is 10.9. The maximum absolute atomic E-state index is 13.2. The molecule has 0 spiro atoms. The van der Waals surface area contributed by atoms with Crippen LogP contribution in [0.4, 0.5) is 4.79 Å². The van der Waals surface area contributed by atoms with E-state index in [0.29, 0.717) is 30.2 Å². The van der Waals surface area contributed by atoms with Crippen molar-refractivity contribution in [3.05, 3.63) is 105 Å². The molecular weight excluding hydrogens is 430 g/mol. The molecule has 172 valence electrons. The second-order valence-electron chi connectivity index (χ2n) is 8.40. The maximum Gasteiger partial charge on any atom is 0.318 e. The minimum atomic E-state index is -0.259. The summed E-state index contributed by atoms with van der Waals surface area (Å²) in [5, 5.41) is 3.91. The largest absolute Gasteiger partial charge is 0.454 e. The number of rotatable bonds is 6. The second kappa shape index (κ2) is 9.31. The van der Waals surface area contributed by atoms with Gasteiger partial charge in [-0.25, -0.2) is 4.79 Å². The molecule has 0 bridgehead atoms. The van der Waals surface area contributed by atoms with Gasteiger partial charge < -0.3 is 24.7 Å². The third-order valence-corrected chi connectivity index (χ3v) is 5.82. The number of carbonyl (C=O) groups excluding carboxylic acids is 1. The Balaban J connectivity index is 1.42. The second-order valence-corrected chi connectivity index (χ2v) is 8.40. The number of carbonyl (C=O) groups is 1. The first-order valence-corrected chi connectivity index (χ1v) is 11.1. The van der Waals surface area contributed by atoms with Crippen molar-refractivity contribution >= 4 is 16.9 Å². The van der Waals surface area contributed by atoms with Crippen molar-refractivity contribution < 1.29 is 14.3 Å². The highest BCUT2D eigenvalue weighted by Crippen LogP contribution is 2.33. The van der Waals surface area contributed by atoms with Gasteiger partial charge in [-0.1, -0.05) is 48.0 Å². The molecular formula is C27H25N3O4. The number of urea groups is 1. The molecule has 34 heavy (non-hydrogen) atoms. The Kier molecular flexibility index (Phi) is 5.91. The predicted octanol–water partition coefficient (Wildman–Crippen LogP) is 4.48. The van der Waals surface area contributed by atoms with Gasteiger partial charge in [0, 0.05) is 24.2 Å². The number of pyridine rings is 1. The predicted molar refractivity (Wildman–Crippen MR) is 130 cm³/mol. The van der Waals surface area contributed by atoms with Gasteiger partial charge in [-0.2, -0.15) is 0 Å². The lowest BCUT2D eigenvalue weighted by atomic mass is 10.1. The summed E-state index contributed by atoms with van der Waals surface area (Å²) in [4.78, 5) is 30.6. The number of aryl methyl sites for hydroxylation is 1. The zero-order valence-electron chi connectivity index (χ0n) is 18.8. The number of aromatic nitrogens is 1. The maximum atomic E-state index is 13.2. The number of aromatic amines is 1. The molecule has 0 saturated heterocycles. The van der Waals surface area contributed by atoms with Gasteiger partial charge in [0.15, 0.2) is 11.5 Å². The molecule has 1 aliphatic rings. The number of nitrogens with zero attached hydrogens (tertiary/aromatic N) is 1. The third kappa shape index (κ3) is 4.73. The third-order valence-electron chi connectivity index (χ3n) is 5.82. The molecule has 7 nitrogen and oxygen atoms in total. The van der Waals surface area contributed by atoms with Crippen LogP contribution in [0.1, 0.15) is 22.3 Å². The van der Waals surface area contributed by atoms with Crippen LogP contribution in [-0.4, -0.2) is 22.7 Å². The summed E-state index contributed by atoms with van der Waals surface area (Å²) in [5.41, 5.74) is 4.07. The van der Waals surface area contributed by atoms with Crippen LogP contribution in [0, 0.1) is 6.92 Å². The quantitative estimate of drug-likeness (QED) is 0.449. The van der Waals surface area contributed by atoms with Crippen molar-refractivity contribution in [2.24, 2.45) is 0 Å². The Hall–Kier alpha value is -4.26. The zero-order valence-corrected chi connectivity index (χ0v) is 18.8. The Morgan fingerprint density at radius 1 is 0.941 bits per heavy atom. The van der Waals surface area contributed by atoms with Crippen LogP contribution in [0.25, 0.3) is 10.9 Å². The van der Waals surface area contributed by atoms with Crippen LogP contribution in [0.3, 0.4) is 0 Å². The van der Waals surface area contributed by atoms with Crippen LogP contribution in [0.15, 0.2) is 77.6 Å². The molecule has 0 atom stereocenters. The van der Waals surface area contributed by atoms with E-state index in [1.807, 2.05) is 79.7 Å². The SMILES string of the molecule is Cc1ccc2[nH]c(=O)c(CN(Cc3ccc4c(c3)OCO4)C(=O)NCc3ccccc3)cc2c1. The highest BCUT2D eigenvalue weighted by Gasteiger charge is 2.19. The lowest BCUT2D eigenvalue weighted by molar-refractivity contribution is 0.173. The van der Waals surface area contributed by atoms with Gasteiger partial charge in [-0.15, -0.1) is 0 Å². The van der Waals surface area contributed by atoms with E-state index in [1.165, 1.54) is 0 Å². The minimum Gasteiger partial charge on any atom is -0.454 e. The molecule has 0 radical (unpaired) electrons. The van der Waals surface area contributed by atoms with Gasteiger partial charge in [-0.05, 0) is 53.8 Å². The summed E-state index contributed by atoms with van der Waals surface area (Å²) >= 11 is 0. The molecule has 1 aromatic heterocycles. The summed E-state index contributed by atoms with van der Waals surface area (Å²) in [6.45, 7) is 3.06. The molecule has 3 aromatic carbocycles. The fourth-order valence-corrected chi connectivity index (χ4v) is 4.04. The zero-order chi connectivity index (χ0) is 23.5. The van der Waals surface area contributed by atoms with Crippen molar-refractivity contribution in [3.8, 4) is 11.5 Å². The molecule has 1 aliphatic heterocycles. The van der Waals surface area contributed by atoms with E-state index >= 15 is 0 Å². The van der Waals surface area contributed by atoms with Crippen molar-refractivity contribution in [2.45, 2.75) is 26.6 Å². The fraction of sp³-hybridized carbons (Fsp3) is 0.185. The lowest BCUT2D eigenvalue weighted by Crippen LogP contribution is -2.39. The molecule has 0 aliphatic carbocycles. The van der Waals surface area contributed by atoms with Crippen molar-refractivity contribution in [1.29, 1.82) is 0 Å². The van der Waals surface area contributed by atoms with Crippen molar-refractivity contribution in [2.75, 3.05) is 6.79 Å². The normalized spacial score (nSPS) is 12.0. The molecule has 4 aromatic rings. The summed E-state index contributed by atoms with van der Waals surface area (Å²) in [6, 6.07) is 22.8. The van der Waals surface area contributed by atoms with E-state index in [0.717, 1.165) is 27.6 Å². The Bertz CT molecular complexity index is 1400. The standard InChI is InChI=1S/C27H25N3O4/c1-18-7-9-23-21(11-18)13-22(26(31)29-23)16-30(27(32)28-14-19-5-3-2-4-6-19)15-20-8-10-24-25(12-20)34-17-33-24/h2-13H,14-17H2,1H3,(H,28,32)(H,29,31). The fourth-order valence-electron chi connectivity index (χ4n) is 4.04. The average Bonchev–Trinajstić information content (AvgIpc) is 3.31. The van der Waals surface area contributed by atoms with Crippen LogP contribution >= 0.6 is 0 Å². The molecule has 0 fully saturated rings. The van der Waals surface area contributed by atoms with E-state index in [-0.39, 0.29) is 24.9 Å². The van der Waals surface area contributed by atoms with Gasteiger partial charge in [-0.3, -0.25) is 4.79 Å². The van der Waals surface area contributed by atoms with E-state index in [4.69, 9.17) is 9.47 Å². The average molecular weight is 456 g/mol. The molecule has 0 saturated carbocycles. The number of H-pyrrole nitrogens is 1. The van der Waals surface area contributed by atoms with Crippen LogP contribution in [0.5, 0.6) is 11.5 Å². The van der Waals surface area contributed by atoms with Crippen molar-refractivity contribution in [1.82, 2.24) is 15.2 Å². The van der Waals surface area contributed by atoms with E-state index in [9.17, 15) is 9.59 Å². The molecule has 2 amide bonds. The molecule has 7 heteroatoms. The van der Waals surface area contributed by atoms with E-state index in [2.05, 4.69) is 10.3 Å². The number of fused-ring (bicyclic) bond motifs is 2. The summed E-state index contributed by atoms with van der Waals surface area (Å²) in [7, 11) is 0. The first-order valence-electron chi connectivity index (χ1n) is 11.1. The molecule has 2 heterocycles. The van der Waals surface area contributed by atoms with Gasteiger partial charge >= 0.3 is 6.03 Å².